The number of carbonyl (C=O) groups excluding carboxylic acids is 1. The van der Waals surface area contributed by atoms with Crippen molar-refractivity contribution in [3.8, 4) is 5.75 Å². The van der Waals surface area contributed by atoms with Gasteiger partial charge in [-0.3, -0.25) is 14.9 Å². The van der Waals surface area contributed by atoms with E-state index in [4.69, 9.17) is 9.84 Å². The molecular formula is C14H18N2O5. The van der Waals surface area contributed by atoms with Crippen LogP contribution in [0.15, 0.2) is 18.2 Å². The van der Waals surface area contributed by atoms with Crippen LogP contribution >= 0.6 is 0 Å². The number of amides is 1. The quantitative estimate of drug-likeness (QED) is 0.607. The van der Waals surface area contributed by atoms with Gasteiger partial charge in [0.2, 0.25) is 0 Å². The second-order valence-corrected chi connectivity index (χ2v) is 4.92. The molecule has 0 atom stereocenters. The summed E-state index contributed by atoms with van der Waals surface area (Å²) in [7, 11) is 0. The zero-order valence-electron chi connectivity index (χ0n) is 11.8. The first-order valence-corrected chi connectivity index (χ1v) is 6.87. The maximum Gasteiger partial charge on any atom is 0.310 e. The molecule has 0 aromatic heterocycles. The molecule has 1 aromatic rings. The molecule has 1 aromatic carbocycles. The van der Waals surface area contributed by atoms with E-state index in [1.807, 2.05) is 6.92 Å². The minimum Gasteiger partial charge on any atom is -0.477 e. The van der Waals surface area contributed by atoms with Gasteiger partial charge in [0.15, 0.2) is 12.4 Å². The lowest BCUT2D eigenvalue weighted by Crippen LogP contribution is -2.36. The molecule has 0 bridgehead atoms. The lowest BCUT2D eigenvalue weighted by Gasteiger charge is -2.20. The molecule has 7 nitrogen and oxygen atoms in total. The number of benzene rings is 1. The van der Waals surface area contributed by atoms with Crippen molar-refractivity contribution in [2.75, 3.05) is 13.2 Å². The SMILES string of the molecule is CCN(C(=O)COc1cc(CO)ccc1[N+](=O)[O-])C1CC1. The summed E-state index contributed by atoms with van der Waals surface area (Å²) in [6, 6.07) is 4.39. The lowest BCUT2D eigenvalue weighted by atomic mass is 10.2. The van der Waals surface area contributed by atoms with Crippen LogP contribution in [-0.4, -0.2) is 40.0 Å². The second-order valence-electron chi connectivity index (χ2n) is 4.92. The Morgan fingerprint density at radius 2 is 2.24 bits per heavy atom. The highest BCUT2D eigenvalue weighted by molar-refractivity contribution is 5.78. The molecule has 0 spiro atoms. The normalized spacial score (nSPS) is 13.8. The summed E-state index contributed by atoms with van der Waals surface area (Å²) in [4.78, 5) is 24.1. The Morgan fingerprint density at radius 3 is 2.76 bits per heavy atom. The predicted molar refractivity (Wildman–Crippen MR) is 74.9 cm³/mol. The van der Waals surface area contributed by atoms with Gasteiger partial charge >= 0.3 is 5.69 Å². The minimum absolute atomic E-state index is 0.00625. The highest BCUT2D eigenvalue weighted by Gasteiger charge is 2.31. The van der Waals surface area contributed by atoms with E-state index in [-0.39, 0.29) is 36.6 Å². The molecule has 0 heterocycles. The second kappa shape index (κ2) is 6.53. The van der Waals surface area contributed by atoms with Gasteiger partial charge in [-0.15, -0.1) is 0 Å². The Hall–Kier alpha value is -2.15. The van der Waals surface area contributed by atoms with Crippen LogP contribution in [-0.2, 0) is 11.4 Å². The first kappa shape index (κ1) is 15.2. The summed E-state index contributed by atoms with van der Waals surface area (Å²) in [5.74, 6) is -0.171. The molecule has 0 unspecified atom stereocenters. The van der Waals surface area contributed by atoms with Crippen molar-refractivity contribution in [1.82, 2.24) is 4.90 Å². The van der Waals surface area contributed by atoms with Crippen LogP contribution < -0.4 is 4.74 Å². The number of hydrogen-bond acceptors (Lipinski definition) is 5. The standard InChI is InChI=1S/C14H18N2O5/c1-2-15(11-4-5-11)14(18)9-21-13-7-10(8-17)3-6-12(13)16(19)20/h3,6-7,11,17H,2,4-5,8-9H2,1H3. The van der Waals surface area contributed by atoms with Gasteiger partial charge in [-0.1, -0.05) is 0 Å². The number of carbonyl (C=O) groups is 1. The van der Waals surface area contributed by atoms with Crippen LogP contribution in [0.1, 0.15) is 25.3 Å². The van der Waals surface area contributed by atoms with Crippen LogP contribution in [0.2, 0.25) is 0 Å². The first-order valence-electron chi connectivity index (χ1n) is 6.87. The van der Waals surface area contributed by atoms with E-state index < -0.39 is 4.92 Å². The molecule has 1 saturated carbocycles. The Morgan fingerprint density at radius 1 is 1.52 bits per heavy atom. The van der Waals surface area contributed by atoms with Crippen molar-refractivity contribution >= 4 is 11.6 Å². The molecule has 0 radical (unpaired) electrons. The molecule has 0 aliphatic heterocycles. The molecule has 1 amide bonds. The largest absolute Gasteiger partial charge is 0.477 e. The molecule has 114 valence electrons. The van der Waals surface area contributed by atoms with Crippen molar-refractivity contribution in [2.45, 2.75) is 32.4 Å². The van der Waals surface area contributed by atoms with Gasteiger partial charge < -0.3 is 14.7 Å². The summed E-state index contributed by atoms with van der Waals surface area (Å²) in [5.41, 5.74) is 0.284. The summed E-state index contributed by atoms with van der Waals surface area (Å²) in [6.07, 6.45) is 2.00. The summed E-state index contributed by atoms with van der Waals surface area (Å²) < 4.78 is 5.32. The van der Waals surface area contributed by atoms with E-state index in [9.17, 15) is 14.9 Å². The Balaban J connectivity index is 2.07. The zero-order chi connectivity index (χ0) is 15.4. The van der Waals surface area contributed by atoms with Gasteiger partial charge in [-0.05, 0) is 37.5 Å². The third-order valence-corrected chi connectivity index (χ3v) is 3.40. The number of nitrogens with zero attached hydrogens (tertiary/aromatic N) is 2. The number of likely N-dealkylation sites (N-methyl/N-ethyl adjacent to an activating group) is 1. The first-order chi connectivity index (χ1) is 10.1. The van der Waals surface area contributed by atoms with E-state index >= 15 is 0 Å². The Labute approximate surface area is 122 Å². The molecule has 21 heavy (non-hydrogen) atoms. The number of hydrogen-bond donors (Lipinski definition) is 1. The van der Waals surface area contributed by atoms with E-state index in [0.717, 1.165) is 12.8 Å². The van der Waals surface area contributed by atoms with Crippen molar-refractivity contribution in [3.63, 3.8) is 0 Å². The third-order valence-electron chi connectivity index (χ3n) is 3.40. The highest BCUT2D eigenvalue weighted by Crippen LogP contribution is 2.29. The number of aliphatic hydroxyl groups is 1. The number of ether oxygens (including phenoxy) is 1. The van der Waals surface area contributed by atoms with Crippen LogP contribution in [0.4, 0.5) is 5.69 Å². The fraction of sp³-hybridized carbons (Fsp3) is 0.500. The summed E-state index contributed by atoms with van der Waals surface area (Å²) in [5, 5.41) is 20.0. The average Bonchev–Trinajstić information content (AvgIpc) is 3.30. The van der Waals surface area contributed by atoms with Gasteiger partial charge in [0.25, 0.3) is 5.91 Å². The fourth-order valence-corrected chi connectivity index (χ4v) is 2.17. The molecule has 1 aliphatic carbocycles. The Kier molecular flexibility index (Phi) is 4.74. The van der Waals surface area contributed by atoms with Crippen LogP contribution in [0, 0.1) is 10.1 Å². The summed E-state index contributed by atoms with van der Waals surface area (Å²) >= 11 is 0. The van der Waals surface area contributed by atoms with Gasteiger partial charge in [0, 0.05) is 18.7 Å². The third kappa shape index (κ3) is 3.69. The van der Waals surface area contributed by atoms with Gasteiger partial charge in [0.1, 0.15) is 0 Å². The molecule has 2 rings (SSSR count). The zero-order valence-corrected chi connectivity index (χ0v) is 11.8. The predicted octanol–water partition coefficient (Wildman–Crippen LogP) is 1.48. The molecule has 1 fully saturated rings. The molecule has 1 N–H and O–H groups in total. The number of nitro benzene ring substituents is 1. The molecule has 1 aliphatic rings. The number of nitro groups is 1. The lowest BCUT2D eigenvalue weighted by molar-refractivity contribution is -0.385. The highest BCUT2D eigenvalue weighted by atomic mass is 16.6. The van der Waals surface area contributed by atoms with E-state index in [2.05, 4.69) is 0 Å². The van der Waals surface area contributed by atoms with Crippen molar-refractivity contribution < 1.29 is 19.6 Å². The number of rotatable bonds is 7. The van der Waals surface area contributed by atoms with Crippen molar-refractivity contribution in [2.24, 2.45) is 0 Å². The van der Waals surface area contributed by atoms with Gasteiger partial charge in [-0.25, -0.2) is 0 Å². The maximum atomic E-state index is 12.0. The van der Waals surface area contributed by atoms with Crippen LogP contribution in [0.25, 0.3) is 0 Å². The average molecular weight is 294 g/mol. The molecule has 7 heteroatoms. The molecular weight excluding hydrogens is 276 g/mol. The van der Waals surface area contributed by atoms with E-state index in [0.29, 0.717) is 12.1 Å². The van der Waals surface area contributed by atoms with Crippen LogP contribution in [0.5, 0.6) is 5.75 Å². The topological polar surface area (TPSA) is 92.9 Å². The molecule has 0 saturated heterocycles. The maximum absolute atomic E-state index is 12.0. The van der Waals surface area contributed by atoms with Crippen molar-refractivity contribution in [3.05, 3.63) is 33.9 Å². The van der Waals surface area contributed by atoms with E-state index in [1.165, 1.54) is 18.2 Å². The van der Waals surface area contributed by atoms with Gasteiger partial charge in [-0.2, -0.15) is 0 Å². The van der Waals surface area contributed by atoms with Crippen molar-refractivity contribution in [1.29, 1.82) is 0 Å². The van der Waals surface area contributed by atoms with E-state index in [1.54, 1.807) is 4.90 Å². The van der Waals surface area contributed by atoms with Gasteiger partial charge in [0.05, 0.1) is 11.5 Å². The summed E-state index contributed by atoms with van der Waals surface area (Å²) in [6.45, 7) is 2.02. The smallest absolute Gasteiger partial charge is 0.310 e. The minimum atomic E-state index is -0.570. The monoisotopic (exact) mass is 294 g/mol. The fourth-order valence-electron chi connectivity index (χ4n) is 2.17. The number of aliphatic hydroxyl groups excluding tert-OH is 1. The Bertz CT molecular complexity index is 542. The van der Waals surface area contributed by atoms with Crippen LogP contribution in [0.3, 0.4) is 0 Å².